The van der Waals surface area contributed by atoms with Crippen molar-refractivity contribution in [1.29, 1.82) is 0 Å². The molecule has 2 rings (SSSR count). The van der Waals surface area contributed by atoms with Gasteiger partial charge in [0, 0.05) is 42.8 Å². The van der Waals surface area contributed by atoms with Crippen LogP contribution in [0.3, 0.4) is 0 Å². The Labute approximate surface area is 115 Å². The second-order valence-corrected chi connectivity index (χ2v) is 6.92. The van der Waals surface area contributed by atoms with E-state index < -0.39 is 0 Å². The topological polar surface area (TPSA) is 28.2 Å². The molecule has 1 aliphatic heterocycles. The van der Waals surface area contributed by atoms with Gasteiger partial charge in [-0.25, -0.2) is 4.98 Å². The van der Waals surface area contributed by atoms with Crippen LogP contribution in [-0.4, -0.2) is 35.1 Å². The number of hydrogen-bond acceptors (Lipinski definition) is 4. The third-order valence-electron chi connectivity index (χ3n) is 3.83. The van der Waals surface area contributed by atoms with E-state index in [0.717, 1.165) is 19.6 Å². The van der Waals surface area contributed by atoms with Crippen molar-refractivity contribution in [2.24, 2.45) is 5.92 Å². The maximum Gasteiger partial charge on any atom is 0.0897 e. The molecular formula is C14H25N3S. The van der Waals surface area contributed by atoms with Gasteiger partial charge in [-0.1, -0.05) is 20.8 Å². The Kier molecular flexibility index (Phi) is 4.76. The maximum absolute atomic E-state index is 4.37. The average Bonchev–Trinajstić information content (AvgIpc) is 2.74. The Morgan fingerprint density at radius 1 is 1.56 bits per heavy atom. The van der Waals surface area contributed by atoms with Crippen molar-refractivity contribution in [3.05, 3.63) is 16.1 Å². The Bertz CT molecular complexity index is 375. The van der Waals surface area contributed by atoms with Crippen LogP contribution in [-0.2, 0) is 6.54 Å². The van der Waals surface area contributed by atoms with Crippen LogP contribution in [0.2, 0.25) is 0 Å². The fraction of sp³-hybridized carbons (Fsp3) is 0.786. The minimum absolute atomic E-state index is 0.647. The highest BCUT2D eigenvalue weighted by molar-refractivity contribution is 7.11. The van der Waals surface area contributed by atoms with Gasteiger partial charge >= 0.3 is 0 Å². The summed E-state index contributed by atoms with van der Waals surface area (Å²) in [5, 5.41) is 4.84. The van der Waals surface area contributed by atoms with Crippen molar-refractivity contribution in [2.45, 2.75) is 52.7 Å². The second-order valence-electron chi connectivity index (χ2n) is 5.60. The molecule has 1 saturated heterocycles. The third kappa shape index (κ3) is 3.31. The summed E-state index contributed by atoms with van der Waals surface area (Å²) in [6.07, 6.45) is 3.25. The summed E-state index contributed by atoms with van der Waals surface area (Å²) in [5.41, 5.74) is 0. The molecule has 1 aliphatic rings. The predicted octanol–water partition coefficient (Wildman–Crippen LogP) is 2.66. The number of nitrogens with zero attached hydrogens (tertiary/aromatic N) is 2. The molecule has 1 N–H and O–H groups in total. The Morgan fingerprint density at radius 2 is 2.33 bits per heavy atom. The van der Waals surface area contributed by atoms with E-state index in [2.05, 4.69) is 42.9 Å². The summed E-state index contributed by atoms with van der Waals surface area (Å²) in [7, 11) is 0. The molecule has 0 amide bonds. The molecule has 1 fully saturated rings. The van der Waals surface area contributed by atoms with E-state index in [1.54, 1.807) is 0 Å². The highest BCUT2D eigenvalue weighted by atomic mass is 32.1. The predicted molar refractivity (Wildman–Crippen MR) is 78.0 cm³/mol. The third-order valence-corrected chi connectivity index (χ3v) is 4.73. The van der Waals surface area contributed by atoms with Crippen LogP contribution in [0, 0.1) is 12.8 Å². The van der Waals surface area contributed by atoms with Crippen LogP contribution in [0.1, 0.15) is 37.1 Å². The van der Waals surface area contributed by atoms with E-state index >= 15 is 0 Å². The number of hydrogen-bond donors (Lipinski definition) is 1. The molecule has 2 unspecified atom stereocenters. The van der Waals surface area contributed by atoms with Crippen LogP contribution in [0.25, 0.3) is 0 Å². The highest BCUT2D eigenvalue weighted by Gasteiger charge is 2.29. The summed E-state index contributed by atoms with van der Waals surface area (Å²) in [6, 6.07) is 1.30. The van der Waals surface area contributed by atoms with Crippen LogP contribution >= 0.6 is 11.3 Å². The Morgan fingerprint density at radius 3 is 2.89 bits per heavy atom. The SMILES string of the molecule is CCC1CN(Cc2cnc(C)s2)C(C(C)C)CN1. The van der Waals surface area contributed by atoms with Gasteiger partial charge in [0.25, 0.3) is 0 Å². The van der Waals surface area contributed by atoms with Gasteiger partial charge in [0.05, 0.1) is 5.01 Å². The van der Waals surface area contributed by atoms with Gasteiger partial charge in [-0.3, -0.25) is 4.90 Å². The lowest BCUT2D eigenvalue weighted by atomic mass is 9.97. The lowest BCUT2D eigenvalue weighted by Crippen LogP contribution is -2.57. The van der Waals surface area contributed by atoms with Crippen LogP contribution < -0.4 is 5.32 Å². The molecule has 102 valence electrons. The minimum atomic E-state index is 0.647. The molecule has 0 saturated carbocycles. The summed E-state index contributed by atoms with van der Waals surface area (Å²) in [4.78, 5) is 8.41. The molecule has 2 heterocycles. The maximum atomic E-state index is 4.37. The Hall–Kier alpha value is -0.450. The van der Waals surface area contributed by atoms with Crippen molar-refractivity contribution in [2.75, 3.05) is 13.1 Å². The number of nitrogens with one attached hydrogen (secondary N) is 1. The van der Waals surface area contributed by atoms with E-state index in [-0.39, 0.29) is 0 Å². The number of aryl methyl sites for hydroxylation is 1. The quantitative estimate of drug-likeness (QED) is 0.909. The summed E-state index contributed by atoms with van der Waals surface area (Å²) in [6.45, 7) is 12.3. The van der Waals surface area contributed by atoms with Crippen LogP contribution in [0.4, 0.5) is 0 Å². The minimum Gasteiger partial charge on any atom is -0.311 e. The summed E-state index contributed by atoms with van der Waals surface area (Å²) < 4.78 is 0. The first kappa shape index (κ1) is 14.0. The number of thiazole rings is 1. The molecule has 2 atom stereocenters. The number of piperazine rings is 1. The molecule has 0 aromatic carbocycles. The molecule has 0 radical (unpaired) electrons. The van der Waals surface area contributed by atoms with Crippen molar-refractivity contribution >= 4 is 11.3 Å². The normalized spacial score (nSPS) is 25.8. The largest absolute Gasteiger partial charge is 0.311 e. The van der Waals surface area contributed by atoms with Crippen molar-refractivity contribution < 1.29 is 0 Å². The zero-order valence-corrected chi connectivity index (χ0v) is 12.8. The van der Waals surface area contributed by atoms with Crippen LogP contribution in [0.15, 0.2) is 6.20 Å². The first-order valence-corrected chi connectivity index (χ1v) is 7.80. The molecular weight excluding hydrogens is 242 g/mol. The molecule has 1 aromatic heterocycles. The molecule has 3 nitrogen and oxygen atoms in total. The molecule has 0 bridgehead atoms. The van der Waals surface area contributed by atoms with E-state index in [9.17, 15) is 0 Å². The van der Waals surface area contributed by atoms with Gasteiger partial charge in [0.2, 0.25) is 0 Å². The zero-order chi connectivity index (χ0) is 13.1. The van der Waals surface area contributed by atoms with Gasteiger partial charge in [0.15, 0.2) is 0 Å². The highest BCUT2D eigenvalue weighted by Crippen LogP contribution is 2.21. The fourth-order valence-electron chi connectivity index (χ4n) is 2.69. The summed E-state index contributed by atoms with van der Waals surface area (Å²) >= 11 is 1.83. The molecule has 0 aliphatic carbocycles. The smallest absolute Gasteiger partial charge is 0.0897 e. The first-order chi connectivity index (χ1) is 8.60. The number of rotatable bonds is 4. The molecule has 1 aromatic rings. The van der Waals surface area contributed by atoms with Crippen molar-refractivity contribution in [3.8, 4) is 0 Å². The second kappa shape index (κ2) is 6.13. The van der Waals surface area contributed by atoms with Gasteiger partial charge < -0.3 is 5.32 Å². The van der Waals surface area contributed by atoms with E-state index in [0.29, 0.717) is 18.0 Å². The fourth-order valence-corrected chi connectivity index (χ4v) is 3.51. The molecule has 18 heavy (non-hydrogen) atoms. The van der Waals surface area contributed by atoms with Gasteiger partial charge in [-0.15, -0.1) is 11.3 Å². The number of aromatic nitrogens is 1. The van der Waals surface area contributed by atoms with Crippen LogP contribution in [0.5, 0.6) is 0 Å². The molecule has 0 spiro atoms. The van der Waals surface area contributed by atoms with Crippen molar-refractivity contribution in [1.82, 2.24) is 15.2 Å². The first-order valence-electron chi connectivity index (χ1n) is 6.99. The summed E-state index contributed by atoms with van der Waals surface area (Å²) in [5.74, 6) is 0.698. The average molecular weight is 267 g/mol. The van der Waals surface area contributed by atoms with Gasteiger partial charge in [-0.05, 0) is 19.3 Å². The standard InChI is InChI=1S/C14H25N3S/c1-5-12-8-17(14(7-16-12)10(2)3)9-13-6-15-11(4)18-13/h6,10,12,14,16H,5,7-9H2,1-4H3. The Balaban J connectivity index is 2.04. The lowest BCUT2D eigenvalue weighted by molar-refractivity contribution is 0.0910. The van der Waals surface area contributed by atoms with E-state index in [1.807, 2.05) is 17.5 Å². The van der Waals surface area contributed by atoms with Gasteiger partial charge in [-0.2, -0.15) is 0 Å². The van der Waals surface area contributed by atoms with E-state index in [4.69, 9.17) is 0 Å². The zero-order valence-electron chi connectivity index (χ0n) is 11.9. The van der Waals surface area contributed by atoms with Crippen molar-refractivity contribution in [3.63, 3.8) is 0 Å². The van der Waals surface area contributed by atoms with Gasteiger partial charge in [0.1, 0.15) is 0 Å². The monoisotopic (exact) mass is 267 g/mol. The lowest BCUT2D eigenvalue weighted by Gasteiger charge is -2.42. The van der Waals surface area contributed by atoms with E-state index in [1.165, 1.54) is 16.3 Å². The molecule has 4 heteroatoms.